The highest BCUT2D eigenvalue weighted by Crippen LogP contribution is 2.24. The summed E-state index contributed by atoms with van der Waals surface area (Å²) in [5.74, 6) is -0.307. The van der Waals surface area contributed by atoms with Gasteiger partial charge in [0.1, 0.15) is 0 Å². The third-order valence-corrected chi connectivity index (χ3v) is 3.39. The first-order valence-corrected chi connectivity index (χ1v) is 5.69. The van der Waals surface area contributed by atoms with Crippen LogP contribution >= 0.6 is 15.9 Å². The van der Waals surface area contributed by atoms with E-state index in [1.165, 1.54) is 12.7 Å². The molecule has 16 heavy (non-hydrogen) atoms. The Hall–Kier alpha value is -1.35. The van der Waals surface area contributed by atoms with E-state index in [0.29, 0.717) is 5.56 Å². The van der Waals surface area contributed by atoms with Gasteiger partial charge in [0, 0.05) is 4.47 Å². The van der Waals surface area contributed by atoms with Crippen LogP contribution < -0.4 is 0 Å². The molecule has 3 heteroatoms. The molecule has 0 fully saturated rings. The number of hydrogen-bond acceptors (Lipinski definition) is 2. The molecule has 0 saturated carbocycles. The normalized spacial score (nSPS) is 10.4. The van der Waals surface area contributed by atoms with Gasteiger partial charge in [-0.1, -0.05) is 28.1 Å². The number of aryl methyl sites for hydroxylation is 1. The highest BCUT2D eigenvalue weighted by Gasteiger charge is 2.06. The van der Waals surface area contributed by atoms with E-state index in [0.717, 1.165) is 15.2 Å². The molecule has 0 aliphatic heterocycles. The average Bonchev–Trinajstić information content (AvgIpc) is 2.29. The first-order chi connectivity index (χ1) is 7.61. The summed E-state index contributed by atoms with van der Waals surface area (Å²) in [6.07, 6.45) is 0. The van der Waals surface area contributed by atoms with Gasteiger partial charge in [-0.25, -0.2) is 4.79 Å². The molecule has 0 radical (unpaired) electrons. The number of halogens is 1. The number of carbonyl (C=O) groups is 1. The lowest BCUT2D eigenvalue weighted by Gasteiger charge is -2.04. The van der Waals surface area contributed by atoms with Gasteiger partial charge in [-0.2, -0.15) is 0 Å². The van der Waals surface area contributed by atoms with Crippen molar-refractivity contribution < 1.29 is 9.53 Å². The molecule has 0 heterocycles. The number of rotatable bonds is 1. The lowest BCUT2D eigenvalue weighted by atomic mass is 10.0. The van der Waals surface area contributed by atoms with Crippen LogP contribution in [0, 0.1) is 6.92 Å². The van der Waals surface area contributed by atoms with Gasteiger partial charge in [-0.15, -0.1) is 0 Å². The molecule has 2 nitrogen and oxygen atoms in total. The second kappa shape index (κ2) is 4.26. The minimum atomic E-state index is -0.307. The number of hydrogen-bond donors (Lipinski definition) is 0. The van der Waals surface area contributed by atoms with E-state index in [4.69, 9.17) is 0 Å². The van der Waals surface area contributed by atoms with Crippen LogP contribution in [0.3, 0.4) is 0 Å². The van der Waals surface area contributed by atoms with E-state index in [2.05, 4.69) is 26.7 Å². The summed E-state index contributed by atoms with van der Waals surface area (Å²) in [7, 11) is 1.39. The lowest BCUT2D eigenvalue weighted by Crippen LogP contribution is -2.00. The fourth-order valence-electron chi connectivity index (χ4n) is 1.63. The van der Waals surface area contributed by atoms with E-state index in [-0.39, 0.29) is 5.97 Å². The predicted molar refractivity (Wildman–Crippen MR) is 67.7 cm³/mol. The molecule has 82 valence electrons. The molecule has 0 bridgehead atoms. The van der Waals surface area contributed by atoms with Gasteiger partial charge < -0.3 is 4.74 Å². The summed E-state index contributed by atoms with van der Waals surface area (Å²) in [6, 6.07) is 9.64. The van der Waals surface area contributed by atoms with Crippen LogP contribution in [0.2, 0.25) is 0 Å². The number of ether oxygens (including phenoxy) is 1. The Morgan fingerprint density at radius 3 is 2.62 bits per heavy atom. The second-order valence-corrected chi connectivity index (χ2v) is 4.51. The minimum absolute atomic E-state index is 0.307. The molecular formula is C13H11BrO2. The SMILES string of the molecule is COC(=O)c1ccc2cc(C)c(Br)cc2c1. The highest BCUT2D eigenvalue weighted by molar-refractivity contribution is 9.10. The third kappa shape index (κ3) is 1.95. The molecule has 0 aliphatic rings. The molecule has 0 atom stereocenters. The Labute approximate surface area is 102 Å². The van der Waals surface area contributed by atoms with Gasteiger partial charge in [0.15, 0.2) is 0 Å². The Morgan fingerprint density at radius 1 is 1.19 bits per heavy atom. The van der Waals surface area contributed by atoms with Crippen molar-refractivity contribution in [3.8, 4) is 0 Å². The minimum Gasteiger partial charge on any atom is -0.465 e. The van der Waals surface area contributed by atoms with Crippen LogP contribution in [-0.4, -0.2) is 13.1 Å². The largest absolute Gasteiger partial charge is 0.465 e. The molecule has 0 spiro atoms. The summed E-state index contributed by atoms with van der Waals surface area (Å²) in [6.45, 7) is 2.04. The van der Waals surface area contributed by atoms with Crippen LogP contribution in [0.4, 0.5) is 0 Å². The van der Waals surface area contributed by atoms with Gasteiger partial charge in [-0.05, 0) is 41.5 Å². The van der Waals surface area contributed by atoms with Gasteiger partial charge >= 0.3 is 5.97 Å². The van der Waals surface area contributed by atoms with Gasteiger partial charge in [-0.3, -0.25) is 0 Å². The molecule has 2 rings (SSSR count). The van der Waals surface area contributed by atoms with Crippen LogP contribution in [-0.2, 0) is 4.74 Å². The lowest BCUT2D eigenvalue weighted by molar-refractivity contribution is 0.0601. The molecule has 2 aromatic carbocycles. The van der Waals surface area contributed by atoms with Gasteiger partial charge in [0.25, 0.3) is 0 Å². The Kier molecular flexibility index (Phi) is 2.97. The zero-order chi connectivity index (χ0) is 11.7. The molecule has 2 aromatic rings. The molecular weight excluding hydrogens is 268 g/mol. The highest BCUT2D eigenvalue weighted by atomic mass is 79.9. The van der Waals surface area contributed by atoms with Crippen molar-refractivity contribution >= 4 is 32.7 Å². The monoisotopic (exact) mass is 278 g/mol. The maximum absolute atomic E-state index is 11.4. The molecule has 0 amide bonds. The molecule has 0 saturated heterocycles. The van der Waals surface area contributed by atoms with E-state index in [1.54, 1.807) is 6.07 Å². The zero-order valence-electron chi connectivity index (χ0n) is 9.08. The fraction of sp³-hybridized carbons (Fsp3) is 0.154. The van der Waals surface area contributed by atoms with Gasteiger partial charge in [0.2, 0.25) is 0 Å². The van der Waals surface area contributed by atoms with Crippen molar-refractivity contribution in [2.24, 2.45) is 0 Å². The molecule has 0 N–H and O–H groups in total. The Morgan fingerprint density at radius 2 is 1.94 bits per heavy atom. The van der Waals surface area contributed by atoms with Crippen LogP contribution in [0.1, 0.15) is 15.9 Å². The zero-order valence-corrected chi connectivity index (χ0v) is 10.7. The predicted octanol–water partition coefficient (Wildman–Crippen LogP) is 3.70. The Balaban J connectivity index is 2.62. The third-order valence-electron chi connectivity index (χ3n) is 2.54. The Bertz CT molecular complexity index is 561. The topological polar surface area (TPSA) is 26.3 Å². The van der Waals surface area contributed by atoms with Crippen molar-refractivity contribution in [1.82, 2.24) is 0 Å². The quantitative estimate of drug-likeness (QED) is 0.744. The summed E-state index contributed by atoms with van der Waals surface area (Å²) in [5, 5.41) is 2.15. The van der Waals surface area contributed by atoms with E-state index in [9.17, 15) is 4.79 Å². The van der Waals surface area contributed by atoms with E-state index < -0.39 is 0 Å². The van der Waals surface area contributed by atoms with E-state index >= 15 is 0 Å². The van der Waals surface area contributed by atoms with Crippen molar-refractivity contribution in [2.45, 2.75) is 6.92 Å². The van der Waals surface area contributed by atoms with Crippen LogP contribution in [0.25, 0.3) is 10.8 Å². The summed E-state index contributed by atoms with van der Waals surface area (Å²) < 4.78 is 5.73. The smallest absolute Gasteiger partial charge is 0.337 e. The summed E-state index contributed by atoms with van der Waals surface area (Å²) in [4.78, 5) is 11.4. The van der Waals surface area contributed by atoms with Crippen molar-refractivity contribution in [3.05, 3.63) is 45.9 Å². The maximum Gasteiger partial charge on any atom is 0.337 e. The number of benzene rings is 2. The maximum atomic E-state index is 11.4. The number of fused-ring (bicyclic) bond motifs is 1. The van der Waals surface area contributed by atoms with Gasteiger partial charge in [0.05, 0.1) is 12.7 Å². The second-order valence-electron chi connectivity index (χ2n) is 3.65. The molecule has 0 aromatic heterocycles. The van der Waals surface area contributed by atoms with Crippen molar-refractivity contribution in [1.29, 1.82) is 0 Å². The first-order valence-electron chi connectivity index (χ1n) is 4.90. The standard InChI is InChI=1S/C13H11BrO2/c1-8-5-9-3-4-10(13(15)16-2)6-11(9)7-12(8)14/h3-7H,1-2H3. The van der Waals surface area contributed by atoms with Crippen molar-refractivity contribution in [3.63, 3.8) is 0 Å². The number of methoxy groups -OCH3 is 1. The summed E-state index contributed by atoms with van der Waals surface area (Å²) >= 11 is 3.48. The van der Waals surface area contributed by atoms with Crippen LogP contribution in [0.5, 0.6) is 0 Å². The summed E-state index contributed by atoms with van der Waals surface area (Å²) in [5.41, 5.74) is 1.75. The van der Waals surface area contributed by atoms with Crippen molar-refractivity contribution in [2.75, 3.05) is 7.11 Å². The fourth-order valence-corrected chi connectivity index (χ4v) is 1.99. The van der Waals surface area contributed by atoms with E-state index in [1.807, 2.05) is 25.1 Å². The molecule has 0 unspecified atom stereocenters. The number of carbonyl (C=O) groups excluding carboxylic acids is 1. The average molecular weight is 279 g/mol. The molecule has 0 aliphatic carbocycles. The first kappa shape index (κ1) is 11.1. The number of esters is 1. The van der Waals surface area contributed by atoms with Crippen LogP contribution in [0.15, 0.2) is 34.8 Å².